The number of benzene rings is 1. The van der Waals surface area contributed by atoms with Crippen LogP contribution in [0.4, 0.5) is 4.79 Å². The number of carbonyl (C=O) groups excluding carboxylic acids is 2. The molecule has 6 nitrogen and oxygen atoms in total. The van der Waals surface area contributed by atoms with Gasteiger partial charge in [-0.05, 0) is 17.0 Å². The van der Waals surface area contributed by atoms with Gasteiger partial charge < -0.3 is 9.47 Å². The Balaban J connectivity index is 2.77. The summed E-state index contributed by atoms with van der Waals surface area (Å²) in [6, 6.07) is 7.56. The van der Waals surface area contributed by atoms with Gasteiger partial charge in [0, 0.05) is 17.1 Å². The molecule has 24 heavy (non-hydrogen) atoms. The molecule has 0 amide bonds. The second-order valence-corrected chi connectivity index (χ2v) is 6.49. The van der Waals surface area contributed by atoms with E-state index in [0.29, 0.717) is 16.5 Å². The third kappa shape index (κ3) is 2.98. The highest BCUT2D eigenvalue weighted by Gasteiger charge is 2.27. The van der Waals surface area contributed by atoms with Crippen molar-refractivity contribution in [2.75, 3.05) is 14.2 Å². The van der Waals surface area contributed by atoms with Crippen molar-refractivity contribution >= 4 is 23.0 Å². The summed E-state index contributed by atoms with van der Waals surface area (Å²) in [7, 11) is 2.51. The van der Waals surface area contributed by atoms with Crippen LogP contribution in [-0.2, 0) is 19.7 Å². The largest absolute Gasteiger partial charge is 0.468 e. The fourth-order valence-electron chi connectivity index (χ4n) is 2.57. The van der Waals surface area contributed by atoms with Crippen molar-refractivity contribution in [1.82, 2.24) is 4.57 Å². The maximum atomic E-state index is 12.1. The average molecular weight is 328 g/mol. The first-order chi connectivity index (χ1) is 11.2. The fourth-order valence-corrected chi connectivity index (χ4v) is 2.57. The van der Waals surface area contributed by atoms with E-state index in [4.69, 9.17) is 9.47 Å². The molecule has 1 heterocycles. The van der Waals surface area contributed by atoms with Crippen LogP contribution in [0.5, 0.6) is 0 Å². The molecule has 0 radical (unpaired) electrons. The minimum absolute atomic E-state index is 0.115. The van der Waals surface area contributed by atoms with Crippen molar-refractivity contribution in [2.24, 2.45) is 0 Å². The number of carbonyl (C=O) groups is 2. The second-order valence-electron chi connectivity index (χ2n) is 6.49. The van der Waals surface area contributed by atoms with Gasteiger partial charge in [0.15, 0.2) is 5.92 Å². The molecule has 2 aromatic rings. The van der Waals surface area contributed by atoms with Gasteiger partial charge in [-0.25, -0.2) is 4.79 Å². The zero-order valence-corrected chi connectivity index (χ0v) is 14.4. The Hall–Kier alpha value is -2.81. The third-order valence-electron chi connectivity index (χ3n) is 3.95. The van der Waals surface area contributed by atoms with Crippen LogP contribution in [0.2, 0.25) is 0 Å². The molecule has 0 aliphatic rings. The molecule has 1 aromatic carbocycles. The highest BCUT2D eigenvalue weighted by molar-refractivity contribution is 5.96. The fraction of sp³-hybridized carbons (Fsp3) is 0.389. The summed E-state index contributed by atoms with van der Waals surface area (Å²) in [4.78, 5) is 24.0. The van der Waals surface area contributed by atoms with E-state index < -0.39 is 18.0 Å². The molecule has 0 aliphatic heterocycles. The molecule has 0 saturated heterocycles. The molecule has 0 saturated carbocycles. The topological polar surface area (TPSA) is 81.3 Å². The van der Waals surface area contributed by atoms with Crippen molar-refractivity contribution in [3.05, 3.63) is 35.5 Å². The van der Waals surface area contributed by atoms with E-state index >= 15 is 0 Å². The molecular formula is C18H20N2O4. The predicted octanol–water partition coefficient (Wildman–Crippen LogP) is 3.33. The van der Waals surface area contributed by atoms with Gasteiger partial charge in [-0.3, -0.25) is 9.36 Å². The average Bonchev–Trinajstić information content (AvgIpc) is 2.92. The molecule has 0 fully saturated rings. The quantitative estimate of drug-likeness (QED) is 0.790. The molecule has 2 rings (SSSR count). The number of nitriles is 1. The smallest absolute Gasteiger partial charge is 0.418 e. The number of nitrogens with zero attached hydrogens (tertiary/aromatic N) is 2. The standard InChI is InChI=1S/C18H20N2O4/c1-18(2,3)11-6-7-12-14(13(9-19)16(21)23-4)10-20(15(12)8-11)17(22)24-5/h6-8,10,13H,1-5H3. The first-order valence-electron chi connectivity index (χ1n) is 7.45. The van der Waals surface area contributed by atoms with E-state index in [0.717, 1.165) is 5.56 Å². The zero-order valence-electron chi connectivity index (χ0n) is 14.4. The summed E-state index contributed by atoms with van der Waals surface area (Å²) >= 11 is 0. The van der Waals surface area contributed by atoms with Crippen LogP contribution in [0.25, 0.3) is 10.9 Å². The van der Waals surface area contributed by atoms with Crippen LogP contribution in [0, 0.1) is 11.3 Å². The first kappa shape index (κ1) is 17.5. The number of hydrogen-bond donors (Lipinski definition) is 0. The Kier molecular flexibility index (Phi) is 4.65. The van der Waals surface area contributed by atoms with E-state index in [2.05, 4.69) is 20.8 Å². The van der Waals surface area contributed by atoms with E-state index in [1.54, 1.807) is 0 Å². The van der Waals surface area contributed by atoms with Gasteiger partial charge >= 0.3 is 12.1 Å². The lowest BCUT2D eigenvalue weighted by molar-refractivity contribution is -0.140. The molecule has 1 aromatic heterocycles. The van der Waals surface area contributed by atoms with Gasteiger partial charge in [0.25, 0.3) is 0 Å². The van der Waals surface area contributed by atoms with Crippen LogP contribution in [-0.4, -0.2) is 30.8 Å². The molecule has 126 valence electrons. The molecule has 0 aliphatic carbocycles. The number of ether oxygens (including phenoxy) is 2. The number of aromatic nitrogens is 1. The van der Waals surface area contributed by atoms with Gasteiger partial charge in [-0.2, -0.15) is 5.26 Å². The molecule has 6 heteroatoms. The summed E-state index contributed by atoms with van der Waals surface area (Å²) in [5, 5.41) is 10.00. The minimum Gasteiger partial charge on any atom is -0.468 e. The second kappa shape index (κ2) is 6.36. The number of fused-ring (bicyclic) bond motifs is 1. The number of hydrogen-bond acceptors (Lipinski definition) is 5. The molecular weight excluding hydrogens is 308 g/mol. The van der Waals surface area contributed by atoms with Gasteiger partial charge in [-0.15, -0.1) is 0 Å². The van der Waals surface area contributed by atoms with E-state index in [-0.39, 0.29) is 5.41 Å². The Labute approximate surface area is 140 Å². The maximum Gasteiger partial charge on any atom is 0.418 e. The number of rotatable bonds is 2. The monoisotopic (exact) mass is 328 g/mol. The van der Waals surface area contributed by atoms with E-state index in [1.165, 1.54) is 25.0 Å². The van der Waals surface area contributed by atoms with Crippen molar-refractivity contribution < 1.29 is 19.1 Å². The maximum absolute atomic E-state index is 12.1. The number of esters is 1. The Morgan fingerprint density at radius 3 is 2.38 bits per heavy atom. The Morgan fingerprint density at radius 1 is 1.21 bits per heavy atom. The van der Waals surface area contributed by atoms with Crippen molar-refractivity contribution in [3.8, 4) is 6.07 Å². The van der Waals surface area contributed by atoms with Gasteiger partial charge in [0.05, 0.1) is 25.8 Å². The highest BCUT2D eigenvalue weighted by atomic mass is 16.5. The summed E-state index contributed by atoms with van der Waals surface area (Å²) in [6.07, 6.45) is 0.882. The van der Waals surface area contributed by atoms with Gasteiger partial charge in [0.1, 0.15) is 0 Å². The summed E-state index contributed by atoms with van der Waals surface area (Å²) in [5.41, 5.74) is 1.92. The van der Waals surface area contributed by atoms with E-state index in [9.17, 15) is 14.9 Å². The van der Waals surface area contributed by atoms with Gasteiger partial charge in [0.2, 0.25) is 0 Å². The SMILES string of the molecule is COC(=O)C(C#N)c1cn(C(=O)OC)c2cc(C(C)(C)C)ccc12. The summed E-state index contributed by atoms with van der Waals surface area (Å²) < 4.78 is 10.8. The lowest BCUT2D eigenvalue weighted by Gasteiger charge is -2.19. The summed E-state index contributed by atoms with van der Waals surface area (Å²) in [6.45, 7) is 6.19. The Morgan fingerprint density at radius 2 is 1.88 bits per heavy atom. The number of methoxy groups -OCH3 is 2. The van der Waals surface area contributed by atoms with Crippen LogP contribution in [0.3, 0.4) is 0 Å². The van der Waals surface area contributed by atoms with Crippen molar-refractivity contribution in [2.45, 2.75) is 32.1 Å². The van der Waals surface area contributed by atoms with E-state index in [1.807, 2.05) is 24.3 Å². The van der Waals surface area contributed by atoms with Crippen LogP contribution in [0.1, 0.15) is 37.8 Å². The molecule has 0 N–H and O–H groups in total. The molecule has 0 spiro atoms. The van der Waals surface area contributed by atoms with Crippen LogP contribution >= 0.6 is 0 Å². The Bertz CT molecular complexity index is 837. The lowest BCUT2D eigenvalue weighted by Crippen LogP contribution is -2.13. The zero-order chi connectivity index (χ0) is 18.1. The molecule has 0 bridgehead atoms. The van der Waals surface area contributed by atoms with Crippen molar-refractivity contribution in [1.29, 1.82) is 5.26 Å². The minimum atomic E-state index is -1.11. The third-order valence-corrected chi connectivity index (χ3v) is 3.95. The molecule has 1 unspecified atom stereocenters. The van der Waals surface area contributed by atoms with Crippen molar-refractivity contribution in [3.63, 3.8) is 0 Å². The summed E-state index contributed by atoms with van der Waals surface area (Å²) in [5.74, 6) is -1.77. The molecule has 1 atom stereocenters. The lowest BCUT2D eigenvalue weighted by atomic mass is 9.86. The van der Waals surface area contributed by atoms with Gasteiger partial charge in [-0.1, -0.05) is 32.9 Å². The first-order valence-corrected chi connectivity index (χ1v) is 7.45. The van der Waals surface area contributed by atoms with Crippen LogP contribution < -0.4 is 0 Å². The highest BCUT2D eigenvalue weighted by Crippen LogP contribution is 2.32. The van der Waals surface area contributed by atoms with Crippen LogP contribution in [0.15, 0.2) is 24.4 Å². The predicted molar refractivity (Wildman–Crippen MR) is 88.8 cm³/mol. The normalized spacial score (nSPS) is 12.5.